The summed E-state index contributed by atoms with van der Waals surface area (Å²) in [6, 6.07) is 3.76. The van der Waals surface area contributed by atoms with Crippen molar-refractivity contribution in [3.05, 3.63) is 40.4 Å². The Morgan fingerprint density at radius 2 is 1.91 bits per heavy atom. The maximum Gasteiger partial charge on any atom is 0.234 e. The molecule has 1 aromatic heterocycles. The van der Waals surface area contributed by atoms with Crippen molar-refractivity contribution in [3.8, 4) is 0 Å². The van der Waals surface area contributed by atoms with Gasteiger partial charge >= 0.3 is 0 Å². The first kappa shape index (κ1) is 24.5. The van der Waals surface area contributed by atoms with Gasteiger partial charge in [-0.15, -0.1) is 0 Å². The van der Waals surface area contributed by atoms with Gasteiger partial charge in [-0.05, 0) is 68.7 Å². The van der Waals surface area contributed by atoms with E-state index in [-0.39, 0.29) is 48.3 Å². The van der Waals surface area contributed by atoms with Gasteiger partial charge in [0, 0.05) is 12.0 Å². The number of carbonyl (C=O) groups excluding carboxylic acids is 2. The highest BCUT2D eigenvalue weighted by Crippen LogP contribution is 2.52. The molecule has 3 fully saturated rings. The predicted octanol–water partition coefficient (Wildman–Crippen LogP) is 5.26. The standard InChI is InChI=1S/C29H39NO5/c1-17(2)22-14-23-27(29(33)30(28(23)32)19-7-5-4-6-8-19)24-16-34-25(26(22)24)12-9-18(3)13-20-10-11-21(15-31)35-20/h10-11,13,17,19,23-25,27,31H,4-9,12,14-16H2,1-3H3/b18-13+/t23-,24+,25-,27-/m1/s1. The van der Waals surface area contributed by atoms with Crippen LogP contribution in [-0.4, -0.2) is 40.6 Å². The first-order valence-electron chi connectivity index (χ1n) is 13.5. The number of amides is 2. The number of aliphatic hydroxyl groups excluding tert-OH is 1. The van der Waals surface area contributed by atoms with Gasteiger partial charge in [-0.3, -0.25) is 14.5 Å². The maximum atomic E-state index is 13.7. The van der Waals surface area contributed by atoms with Crippen molar-refractivity contribution in [1.82, 2.24) is 4.90 Å². The summed E-state index contributed by atoms with van der Waals surface area (Å²) in [7, 11) is 0. The topological polar surface area (TPSA) is 80.0 Å². The molecule has 2 aliphatic carbocycles. The molecule has 1 saturated carbocycles. The van der Waals surface area contributed by atoms with Crippen LogP contribution in [0.15, 0.2) is 33.3 Å². The predicted molar refractivity (Wildman–Crippen MR) is 133 cm³/mol. The molecule has 3 heterocycles. The Bertz CT molecular complexity index is 1030. The molecule has 1 aromatic rings. The van der Waals surface area contributed by atoms with Crippen LogP contribution >= 0.6 is 0 Å². The third-order valence-electron chi connectivity index (χ3n) is 8.64. The van der Waals surface area contributed by atoms with Crippen LogP contribution in [-0.2, 0) is 20.9 Å². The van der Waals surface area contributed by atoms with Crippen molar-refractivity contribution in [2.24, 2.45) is 23.7 Å². The molecule has 2 amide bonds. The van der Waals surface area contributed by atoms with Gasteiger partial charge in [-0.1, -0.05) is 44.3 Å². The number of nitrogens with zero attached hydrogens (tertiary/aromatic N) is 1. The Morgan fingerprint density at radius 3 is 2.60 bits per heavy atom. The average molecular weight is 482 g/mol. The molecule has 0 radical (unpaired) electrons. The quantitative estimate of drug-likeness (QED) is 0.424. The lowest BCUT2D eigenvalue weighted by atomic mass is 9.67. The highest BCUT2D eigenvalue weighted by atomic mass is 16.5. The molecule has 190 valence electrons. The van der Waals surface area contributed by atoms with Crippen molar-refractivity contribution >= 4 is 17.9 Å². The number of rotatable bonds is 7. The number of likely N-dealkylation sites (tertiary alicyclic amines) is 1. The van der Waals surface area contributed by atoms with E-state index < -0.39 is 0 Å². The van der Waals surface area contributed by atoms with Gasteiger partial charge in [0.2, 0.25) is 11.8 Å². The first-order valence-corrected chi connectivity index (χ1v) is 13.5. The second-order valence-corrected chi connectivity index (χ2v) is 11.2. The minimum Gasteiger partial charge on any atom is -0.459 e. The van der Waals surface area contributed by atoms with E-state index in [1.54, 1.807) is 11.0 Å². The van der Waals surface area contributed by atoms with E-state index in [0.717, 1.165) is 44.3 Å². The summed E-state index contributed by atoms with van der Waals surface area (Å²) < 4.78 is 11.9. The zero-order valence-corrected chi connectivity index (χ0v) is 21.3. The molecule has 0 bridgehead atoms. The molecule has 0 aromatic carbocycles. The number of allylic oxidation sites excluding steroid dienone is 2. The second-order valence-electron chi connectivity index (χ2n) is 11.2. The van der Waals surface area contributed by atoms with Gasteiger partial charge in [0.25, 0.3) is 0 Å². The van der Waals surface area contributed by atoms with E-state index in [1.807, 2.05) is 12.1 Å². The van der Waals surface area contributed by atoms with E-state index in [9.17, 15) is 14.7 Å². The fraction of sp³-hybridized carbons (Fsp3) is 0.655. The minimum absolute atomic E-state index is 0.00191. The zero-order chi connectivity index (χ0) is 24.7. The number of fused-ring (bicyclic) bond motifs is 3. The molecule has 6 heteroatoms. The lowest BCUT2D eigenvalue weighted by Crippen LogP contribution is -2.42. The molecule has 35 heavy (non-hydrogen) atoms. The van der Waals surface area contributed by atoms with Gasteiger partial charge in [-0.25, -0.2) is 0 Å². The molecule has 4 aliphatic rings. The van der Waals surface area contributed by atoms with E-state index in [1.165, 1.54) is 23.1 Å². The average Bonchev–Trinajstić information content (AvgIpc) is 3.54. The number of aliphatic hydroxyl groups is 1. The monoisotopic (exact) mass is 481 g/mol. The Morgan fingerprint density at radius 1 is 1.14 bits per heavy atom. The highest BCUT2D eigenvalue weighted by Gasteiger charge is 2.58. The number of imide groups is 1. The molecule has 5 rings (SSSR count). The lowest BCUT2D eigenvalue weighted by Gasteiger charge is -2.33. The molecule has 2 aliphatic heterocycles. The van der Waals surface area contributed by atoms with Crippen molar-refractivity contribution in [3.63, 3.8) is 0 Å². The van der Waals surface area contributed by atoms with Crippen LogP contribution in [0.1, 0.15) is 83.7 Å². The number of ether oxygens (including phenoxy) is 1. The maximum absolute atomic E-state index is 13.7. The Hall–Kier alpha value is -2.18. The summed E-state index contributed by atoms with van der Waals surface area (Å²) >= 11 is 0. The number of hydrogen-bond donors (Lipinski definition) is 1. The summed E-state index contributed by atoms with van der Waals surface area (Å²) in [6.07, 6.45) is 9.76. The van der Waals surface area contributed by atoms with Gasteiger partial charge < -0.3 is 14.3 Å². The minimum atomic E-state index is -0.247. The van der Waals surface area contributed by atoms with Crippen LogP contribution in [0.3, 0.4) is 0 Å². The lowest BCUT2D eigenvalue weighted by molar-refractivity contribution is -0.143. The van der Waals surface area contributed by atoms with Crippen LogP contribution in [0.2, 0.25) is 0 Å². The van der Waals surface area contributed by atoms with Crippen molar-refractivity contribution in [1.29, 1.82) is 0 Å². The first-order chi connectivity index (χ1) is 16.9. The van der Waals surface area contributed by atoms with E-state index in [2.05, 4.69) is 20.8 Å². The van der Waals surface area contributed by atoms with Crippen molar-refractivity contribution in [2.75, 3.05) is 6.61 Å². The van der Waals surface area contributed by atoms with E-state index in [0.29, 0.717) is 24.7 Å². The summed E-state index contributed by atoms with van der Waals surface area (Å²) in [5, 5.41) is 9.22. The smallest absolute Gasteiger partial charge is 0.234 e. The Balaban J connectivity index is 1.34. The third kappa shape index (κ3) is 4.55. The highest BCUT2D eigenvalue weighted by molar-refractivity contribution is 6.06. The van der Waals surface area contributed by atoms with Crippen molar-refractivity contribution in [2.45, 2.75) is 90.9 Å². The molecule has 0 spiro atoms. The van der Waals surface area contributed by atoms with Crippen LogP contribution in [0.25, 0.3) is 6.08 Å². The molecular weight excluding hydrogens is 442 g/mol. The fourth-order valence-electron chi connectivity index (χ4n) is 6.91. The van der Waals surface area contributed by atoms with Gasteiger partial charge in [0.1, 0.15) is 18.1 Å². The molecule has 6 nitrogen and oxygen atoms in total. The number of carbonyl (C=O) groups is 2. The summed E-state index contributed by atoms with van der Waals surface area (Å²) in [5.74, 6) is 1.36. The number of hydrogen-bond acceptors (Lipinski definition) is 5. The molecule has 4 atom stereocenters. The third-order valence-corrected chi connectivity index (χ3v) is 8.64. The van der Waals surface area contributed by atoms with Crippen LogP contribution < -0.4 is 0 Å². The molecule has 0 unspecified atom stereocenters. The van der Waals surface area contributed by atoms with Crippen molar-refractivity contribution < 1.29 is 23.8 Å². The van der Waals surface area contributed by atoms with Crippen LogP contribution in [0.4, 0.5) is 0 Å². The van der Waals surface area contributed by atoms with Crippen LogP contribution in [0, 0.1) is 23.7 Å². The SMILES string of the molecule is C/C(=C\c1ccc(CO)o1)CC[C@H]1OC[C@H]2C1=C(C(C)C)C[C@H]1C(=O)N(C3CCCCC3)C(=O)[C@H]12. The summed E-state index contributed by atoms with van der Waals surface area (Å²) in [6.45, 7) is 6.93. The zero-order valence-electron chi connectivity index (χ0n) is 21.3. The van der Waals surface area contributed by atoms with E-state index in [4.69, 9.17) is 9.15 Å². The van der Waals surface area contributed by atoms with Gasteiger partial charge in [0.15, 0.2) is 0 Å². The summed E-state index contributed by atoms with van der Waals surface area (Å²) in [5.41, 5.74) is 3.83. The Labute approximate surface area is 208 Å². The van der Waals surface area contributed by atoms with Crippen LogP contribution in [0.5, 0.6) is 0 Å². The number of furan rings is 1. The van der Waals surface area contributed by atoms with Gasteiger partial charge in [-0.2, -0.15) is 0 Å². The second kappa shape index (κ2) is 10.1. The van der Waals surface area contributed by atoms with E-state index >= 15 is 0 Å². The summed E-state index contributed by atoms with van der Waals surface area (Å²) in [4.78, 5) is 28.9. The largest absolute Gasteiger partial charge is 0.459 e. The molecular formula is C29H39NO5. The van der Waals surface area contributed by atoms with Gasteiger partial charge in [0.05, 0.1) is 24.5 Å². The Kier molecular flexibility index (Phi) is 7.04. The normalized spacial score (nSPS) is 30.0. The molecule has 2 saturated heterocycles. The fourth-order valence-corrected chi connectivity index (χ4v) is 6.91. The molecule has 1 N–H and O–H groups in total.